The zero-order valence-corrected chi connectivity index (χ0v) is 17.0. The second-order valence-corrected chi connectivity index (χ2v) is 7.61. The van der Waals surface area contributed by atoms with Crippen LogP contribution in [0.1, 0.15) is 44.7 Å². The van der Waals surface area contributed by atoms with Gasteiger partial charge in [-0.3, -0.25) is 0 Å². The van der Waals surface area contributed by atoms with Crippen molar-refractivity contribution in [2.45, 2.75) is 45.4 Å². The van der Waals surface area contributed by atoms with Gasteiger partial charge < -0.3 is 9.47 Å². The van der Waals surface area contributed by atoms with Crippen LogP contribution in [0, 0.1) is 0 Å². The summed E-state index contributed by atoms with van der Waals surface area (Å²) in [6, 6.07) is 22.5. The lowest BCUT2D eigenvalue weighted by molar-refractivity contribution is 0.339. The van der Waals surface area contributed by atoms with Gasteiger partial charge in [-0.15, -0.1) is 0 Å². The number of hydrogen-bond acceptors (Lipinski definition) is 3. The summed E-state index contributed by atoms with van der Waals surface area (Å²) in [5, 5.41) is 0. The molecule has 0 spiro atoms. The monoisotopic (exact) mass is 375 g/mol. The normalized spacial score (nSPS) is 11.2. The fourth-order valence-corrected chi connectivity index (χ4v) is 3.34. The molecule has 3 rings (SSSR count). The summed E-state index contributed by atoms with van der Waals surface area (Å²) < 4.78 is 11.4. The van der Waals surface area contributed by atoms with E-state index in [1.807, 2.05) is 37.3 Å². The summed E-state index contributed by atoms with van der Waals surface area (Å²) in [5.41, 5.74) is 2.77. The van der Waals surface area contributed by atoms with Crippen molar-refractivity contribution in [2.24, 2.45) is 0 Å². The summed E-state index contributed by atoms with van der Waals surface area (Å²) in [6.07, 6.45) is 5.00. The first kappa shape index (κ1) is 19.9. The van der Waals surface area contributed by atoms with E-state index in [-0.39, 0.29) is 5.41 Å². The van der Waals surface area contributed by atoms with Crippen LogP contribution in [0.2, 0.25) is 0 Å². The van der Waals surface area contributed by atoms with E-state index >= 15 is 0 Å². The van der Waals surface area contributed by atoms with Crippen molar-refractivity contribution >= 4 is 0 Å². The van der Waals surface area contributed by atoms with E-state index in [0.29, 0.717) is 12.5 Å². The van der Waals surface area contributed by atoms with Crippen molar-refractivity contribution in [1.82, 2.24) is 4.98 Å². The molecule has 1 heterocycles. The van der Waals surface area contributed by atoms with Gasteiger partial charge in [0.1, 0.15) is 11.5 Å². The van der Waals surface area contributed by atoms with Gasteiger partial charge in [-0.05, 0) is 73.1 Å². The molecule has 28 heavy (non-hydrogen) atoms. The summed E-state index contributed by atoms with van der Waals surface area (Å²) in [5.74, 6) is 2.39. The first-order valence-corrected chi connectivity index (χ1v) is 9.98. The third-order valence-corrected chi connectivity index (χ3v) is 4.97. The summed E-state index contributed by atoms with van der Waals surface area (Å²) in [4.78, 5) is 4.22. The quantitative estimate of drug-likeness (QED) is 0.424. The third kappa shape index (κ3) is 5.59. The number of nitrogens with zero attached hydrogens (tertiary/aromatic N) is 1. The predicted molar refractivity (Wildman–Crippen MR) is 114 cm³/mol. The van der Waals surface area contributed by atoms with E-state index in [1.165, 1.54) is 11.1 Å². The minimum Gasteiger partial charge on any atom is -0.494 e. The van der Waals surface area contributed by atoms with E-state index in [2.05, 4.69) is 55.2 Å². The Balaban J connectivity index is 1.55. The molecular weight excluding hydrogens is 346 g/mol. The minimum atomic E-state index is 0.132. The Morgan fingerprint density at radius 3 is 2.43 bits per heavy atom. The molecule has 0 unspecified atom stereocenters. The van der Waals surface area contributed by atoms with Crippen LogP contribution in [0.5, 0.6) is 17.4 Å². The maximum atomic E-state index is 5.84. The molecule has 0 aliphatic heterocycles. The Hall–Kier alpha value is -2.81. The Morgan fingerprint density at radius 2 is 1.71 bits per heavy atom. The molecule has 0 saturated heterocycles. The second-order valence-electron chi connectivity index (χ2n) is 7.61. The molecule has 3 nitrogen and oxygen atoms in total. The standard InChI is InChI=1S/C25H29NO2/c1-4-27-22-15-13-21(14-16-22)25(2,3)17-8-10-20-9-7-11-23(19-20)28-24-12-5-6-18-26-24/h5-7,9,11-16,18-19H,4,8,10,17H2,1-3H3. The smallest absolute Gasteiger partial charge is 0.219 e. The van der Waals surface area contributed by atoms with Crippen LogP contribution in [-0.2, 0) is 11.8 Å². The maximum Gasteiger partial charge on any atom is 0.219 e. The number of ether oxygens (including phenoxy) is 2. The van der Waals surface area contributed by atoms with Crippen LogP contribution in [0.4, 0.5) is 0 Å². The fraction of sp³-hybridized carbons (Fsp3) is 0.320. The SMILES string of the molecule is CCOc1ccc(C(C)(C)CCCc2cccc(Oc3ccccn3)c2)cc1. The average molecular weight is 376 g/mol. The molecule has 0 amide bonds. The van der Waals surface area contributed by atoms with E-state index in [4.69, 9.17) is 9.47 Å². The third-order valence-electron chi connectivity index (χ3n) is 4.97. The average Bonchev–Trinajstić information content (AvgIpc) is 2.70. The molecule has 3 aromatic rings. The number of hydrogen-bond donors (Lipinski definition) is 0. The fourth-order valence-electron chi connectivity index (χ4n) is 3.34. The van der Waals surface area contributed by atoms with Crippen molar-refractivity contribution < 1.29 is 9.47 Å². The van der Waals surface area contributed by atoms with Crippen molar-refractivity contribution in [3.63, 3.8) is 0 Å². The lowest BCUT2D eigenvalue weighted by Crippen LogP contribution is -2.17. The van der Waals surface area contributed by atoms with Gasteiger partial charge in [-0.2, -0.15) is 0 Å². The van der Waals surface area contributed by atoms with Gasteiger partial charge in [-0.1, -0.05) is 44.2 Å². The van der Waals surface area contributed by atoms with Crippen molar-refractivity contribution in [3.8, 4) is 17.4 Å². The van der Waals surface area contributed by atoms with Crippen molar-refractivity contribution in [3.05, 3.63) is 84.1 Å². The molecule has 0 N–H and O–H groups in total. The van der Waals surface area contributed by atoms with Gasteiger partial charge in [0.05, 0.1) is 6.61 Å². The zero-order chi connectivity index (χ0) is 19.8. The maximum absolute atomic E-state index is 5.84. The summed E-state index contributed by atoms with van der Waals surface area (Å²) in [6.45, 7) is 7.33. The largest absolute Gasteiger partial charge is 0.494 e. The van der Waals surface area contributed by atoms with Crippen molar-refractivity contribution in [2.75, 3.05) is 6.61 Å². The Labute approximate surface area is 168 Å². The molecule has 0 bridgehead atoms. The van der Waals surface area contributed by atoms with Gasteiger partial charge in [0.25, 0.3) is 0 Å². The van der Waals surface area contributed by atoms with E-state index in [9.17, 15) is 0 Å². The lowest BCUT2D eigenvalue weighted by Gasteiger charge is -2.25. The Kier molecular flexibility index (Phi) is 6.70. The molecule has 0 atom stereocenters. The van der Waals surface area contributed by atoms with Crippen LogP contribution < -0.4 is 9.47 Å². The van der Waals surface area contributed by atoms with Crippen LogP contribution in [-0.4, -0.2) is 11.6 Å². The highest BCUT2D eigenvalue weighted by molar-refractivity contribution is 5.33. The first-order valence-electron chi connectivity index (χ1n) is 9.98. The predicted octanol–water partition coefficient (Wildman–Crippen LogP) is 6.57. The molecule has 146 valence electrons. The molecule has 3 heteroatoms. The van der Waals surface area contributed by atoms with Gasteiger partial charge in [0.2, 0.25) is 5.88 Å². The van der Waals surface area contributed by atoms with Crippen LogP contribution in [0.3, 0.4) is 0 Å². The minimum absolute atomic E-state index is 0.132. The number of pyridine rings is 1. The highest BCUT2D eigenvalue weighted by Crippen LogP contribution is 2.31. The Morgan fingerprint density at radius 1 is 0.893 bits per heavy atom. The molecule has 0 fully saturated rings. The molecule has 0 aliphatic carbocycles. The number of benzene rings is 2. The second kappa shape index (κ2) is 9.41. The van der Waals surface area contributed by atoms with E-state index in [0.717, 1.165) is 30.8 Å². The van der Waals surface area contributed by atoms with Crippen molar-refractivity contribution in [1.29, 1.82) is 0 Å². The van der Waals surface area contributed by atoms with Gasteiger partial charge in [-0.25, -0.2) is 4.98 Å². The van der Waals surface area contributed by atoms with Crippen LogP contribution in [0.25, 0.3) is 0 Å². The molecular formula is C25H29NO2. The lowest BCUT2D eigenvalue weighted by atomic mass is 9.80. The molecule has 0 aliphatic rings. The van der Waals surface area contributed by atoms with Gasteiger partial charge >= 0.3 is 0 Å². The van der Waals surface area contributed by atoms with E-state index < -0.39 is 0 Å². The Bertz CT molecular complexity index is 857. The number of rotatable bonds is 9. The summed E-state index contributed by atoms with van der Waals surface area (Å²) >= 11 is 0. The molecule has 1 aromatic heterocycles. The molecule has 0 radical (unpaired) electrons. The highest BCUT2D eigenvalue weighted by atomic mass is 16.5. The topological polar surface area (TPSA) is 31.4 Å². The highest BCUT2D eigenvalue weighted by Gasteiger charge is 2.20. The number of aromatic nitrogens is 1. The molecule has 2 aromatic carbocycles. The van der Waals surface area contributed by atoms with Crippen LogP contribution in [0.15, 0.2) is 72.9 Å². The van der Waals surface area contributed by atoms with Gasteiger partial charge in [0.15, 0.2) is 0 Å². The first-order chi connectivity index (χ1) is 13.6. The van der Waals surface area contributed by atoms with Gasteiger partial charge in [0, 0.05) is 12.3 Å². The van der Waals surface area contributed by atoms with Crippen LogP contribution >= 0.6 is 0 Å². The summed E-state index contributed by atoms with van der Waals surface area (Å²) in [7, 11) is 0. The molecule has 0 saturated carbocycles. The number of aryl methyl sites for hydroxylation is 1. The van der Waals surface area contributed by atoms with E-state index in [1.54, 1.807) is 6.20 Å². The zero-order valence-electron chi connectivity index (χ0n) is 17.0.